The molecule has 0 spiro atoms. The number of fused-ring (bicyclic) bond motifs is 12. The highest BCUT2D eigenvalue weighted by molar-refractivity contribution is 6.01. The van der Waals surface area contributed by atoms with Gasteiger partial charge in [-0.3, -0.25) is 14.4 Å². The van der Waals surface area contributed by atoms with E-state index in [1.54, 1.807) is 0 Å². The van der Waals surface area contributed by atoms with Gasteiger partial charge in [0.25, 0.3) is 0 Å². The van der Waals surface area contributed by atoms with E-state index in [2.05, 4.69) is 435 Å². The molecule has 726 valence electrons. The van der Waals surface area contributed by atoms with E-state index in [1.807, 2.05) is 72.8 Å². The monoisotopic (exact) mass is 1910 g/mol. The van der Waals surface area contributed by atoms with Gasteiger partial charge in [0.15, 0.2) is 16.3 Å². The van der Waals surface area contributed by atoms with Crippen LogP contribution in [0.5, 0.6) is 0 Å². The molecule has 0 saturated carbocycles. The van der Waals surface area contributed by atoms with E-state index in [-0.39, 0.29) is 51.8 Å². The van der Waals surface area contributed by atoms with Crippen molar-refractivity contribution < 1.29 is 0 Å². The van der Waals surface area contributed by atoms with Gasteiger partial charge in [0.05, 0.1) is 50.2 Å². The van der Waals surface area contributed by atoms with Crippen LogP contribution in [0.25, 0.3) is 116 Å². The van der Waals surface area contributed by atoms with Crippen molar-refractivity contribution in [2.45, 2.75) is 240 Å². The second kappa shape index (κ2) is 39.9. The third-order valence-electron chi connectivity index (χ3n) is 29.6. The average Bonchev–Trinajstić information content (AvgIpc) is 0.735. The van der Waals surface area contributed by atoms with Crippen LogP contribution in [0.2, 0.25) is 0 Å². The molecule has 0 amide bonds. The number of aromatic nitrogens is 3. The number of nitrogens with zero attached hydrogens (tertiary/aromatic N) is 3. The Morgan fingerprint density at radius 3 is 0.483 bits per heavy atom. The lowest BCUT2D eigenvalue weighted by Gasteiger charge is -2.23. The van der Waals surface area contributed by atoms with Gasteiger partial charge in [0, 0.05) is 99.1 Å². The molecule has 1 aliphatic rings. The van der Waals surface area contributed by atoms with E-state index in [0.717, 1.165) is 150 Å². The van der Waals surface area contributed by atoms with Gasteiger partial charge in [-0.1, -0.05) is 285 Å². The minimum Gasteiger partial charge on any atom is -0.308 e. The zero-order valence-electron chi connectivity index (χ0n) is 90.3. The molecule has 3 aromatic heterocycles. The Hall–Kier alpha value is -15.9. The molecule has 0 aliphatic heterocycles. The van der Waals surface area contributed by atoms with Crippen molar-refractivity contribution in [2.75, 3.05) is 0 Å². The van der Waals surface area contributed by atoms with E-state index in [4.69, 9.17) is 0 Å². The molecular weight excluding hydrogens is 1780 g/mol. The van der Waals surface area contributed by atoms with Crippen LogP contribution in [0.3, 0.4) is 0 Å². The third-order valence-corrected chi connectivity index (χ3v) is 29.6. The maximum absolute atomic E-state index is 16.1. The van der Waals surface area contributed by atoms with Crippen LogP contribution in [0.4, 0.5) is 0 Å². The predicted molar refractivity (Wildman–Crippen MR) is 622 cm³/mol. The molecule has 0 atom stereocenters. The molecule has 18 bridgehead atoms. The lowest BCUT2D eigenvalue weighted by atomic mass is 9.81. The van der Waals surface area contributed by atoms with Crippen LogP contribution in [0, 0.1) is 133 Å². The molecule has 18 aromatic rings. The number of aryl methyl sites for hydroxylation is 9. The molecule has 3 heterocycles. The summed E-state index contributed by atoms with van der Waals surface area (Å²) in [4.78, 5) is 48.2. The van der Waals surface area contributed by atoms with Crippen LogP contribution in [0.1, 0.15) is 345 Å². The minimum atomic E-state index is -0.134. The number of benzene rings is 15. The maximum atomic E-state index is 16.1. The summed E-state index contributed by atoms with van der Waals surface area (Å²) in [6, 6.07) is 83.4. The van der Waals surface area contributed by atoms with Gasteiger partial charge in [0.1, 0.15) is 0 Å². The van der Waals surface area contributed by atoms with Crippen LogP contribution in [-0.4, -0.2) is 13.7 Å². The second-order valence-electron chi connectivity index (χ2n) is 44.1. The first kappa shape index (κ1) is 99.8. The Balaban J connectivity index is 0.878. The van der Waals surface area contributed by atoms with E-state index >= 15 is 14.4 Å². The van der Waals surface area contributed by atoms with Crippen molar-refractivity contribution in [3.63, 3.8) is 0 Å². The number of hydrogen-bond donors (Lipinski definition) is 0. The van der Waals surface area contributed by atoms with E-state index < -0.39 is 0 Å². The molecule has 147 heavy (non-hydrogen) atoms. The first-order valence-corrected chi connectivity index (χ1v) is 52.4. The molecular formula is C141H129N3O3. The summed E-state index contributed by atoms with van der Waals surface area (Å²) in [6.45, 7) is 60.2. The topological polar surface area (TPSA) is 66.0 Å². The second-order valence-corrected chi connectivity index (χ2v) is 44.1. The minimum absolute atomic E-state index is 0.134. The van der Waals surface area contributed by atoms with Gasteiger partial charge in [-0.2, -0.15) is 0 Å². The van der Waals surface area contributed by atoms with Gasteiger partial charge < -0.3 is 13.7 Å². The summed E-state index contributed by atoms with van der Waals surface area (Å²) in [6.07, 6.45) is 0. The first-order valence-electron chi connectivity index (χ1n) is 52.4. The standard InChI is InChI=1S/C141H129N3O3/c1-79(2)109-73-115(82(7)8)133(116(74-109)83(9)10)112-61-103-34-28-97-40-46-127-121(67-97)139(145)123-69-99(42-48-129(123)142(127)136-91(22)52-88(19)53-92(136)23)30-36-105-59-107(65-113(63-105)134-117(84(11)12)75-110(80(3)4)76-118(134)85(13)14)38-32-101-44-50-131-125(71-101)141(147)126-72-102(45-51-132(126)144(131)138-95(26)56-90(21)57-96(138)27)33-39-108-60-106(64-114(66-108)135-119(86(15)16)77-111(81(5)6)78-120(135)87(17)18)37-31-100-43-49-130-124(70-100)140(146)122-68-98(29-35-104(58-103)62-112)41-47-128(122)143(130)137-93(24)54-89(20)55-94(137)25/h40-87H,1-27H3. The molecule has 6 nitrogen and oxygen atoms in total. The molecule has 0 fully saturated rings. The lowest BCUT2D eigenvalue weighted by Crippen LogP contribution is -2.12. The first-order chi connectivity index (χ1) is 70.2. The van der Waals surface area contributed by atoms with Crippen molar-refractivity contribution in [1.82, 2.24) is 13.7 Å². The number of rotatable bonds is 15. The van der Waals surface area contributed by atoms with E-state index in [9.17, 15) is 0 Å². The molecule has 0 unspecified atom stereocenters. The van der Waals surface area contributed by atoms with Gasteiger partial charge in [-0.25, -0.2) is 0 Å². The fraction of sp³-hybridized carbons (Fsp3) is 0.255. The number of hydrogen-bond acceptors (Lipinski definition) is 3. The SMILES string of the molecule is Cc1cc(C)c(-n2c3ccc4cc3c(=O)c3cc(ccc32)C#Cc2cc(cc(-c3c(C(C)C)cc(C(C)C)cc3C(C)C)c2)C#Cc2ccc3c(c2)c(=O)c2cc(ccc2n3-c2c(C)cc(C)cc2C)C#Cc2cc(cc(-c3c(C(C)C)cc(C(C)C)cc3C(C)C)c2)C#Cc2ccc3c(c2)c(=O)c2cc(ccc2n3-c2c(C)cc(C)cc2C)C#Cc2cc(cc(-c3c(C(C)C)cc(C(C)C)cc3C(C)C)c2)C#C4)c(C)c1. The van der Waals surface area contributed by atoms with Gasteiger partial charge in [0.2, 0.25) is 0 Å². The quantitative estimate of drug-likeness (QED) is 0.0759. The number of pyridine rings is 3. The zero-order valence-corrected chi connectivity index (χ0v) is 90.3. The molecule has 0 saturated heterocycles. The van der Waals surface area contributed by atoms with Gasteiger partial charge >= 0.3 is 0 Å². The van der Waals surface area contributed by atoms with Crippen molar-refractivity contribution in [2.24, 2.45) is 0 Å². The van der Waals surface area contributed by atoms with Gasteiger partial charge in [-0.05, 0) is 396 Å². The summed E-state index contributed by atoms with van der Waals surface area (Å²) in [5.74, 6) is 45.7. The van der Waals surface area contributed by atoms with Crippen molar-refractivity contribution in [3.05, 3.63) is 434 Å². The molecule has 0 radical (unpaired) electrons. The van der Waals surface area contributed by atoms with Crippen molar-refractivity contribution in [1.29, 1.82) is 0 Å². The average molecular weight is 1910 g/mol. The van der Waals surface area contributed by atoms with Crippen LogP contribution < -0.4 is 16.3 Å². The third kappa shape index (κ3) is 19.3. The Kier molecular flexibility index (Phi) is 27.1. The van der Waals surface area contributed by atoms with Crippen LogP contribution in [-0.2, 0) is 0 Å². The Morgan fingerprint density at radius 1 is 0.177 bits per heavy atom. The Morgan fingerprint density at radius 2 is 0.333 bits per heavy atom. The van der Waals surface area contributed by atoms with Gasteiger partial charge in [-0.15, -0.1) is 0 Å². The molecule has 1 aliphatic carbocycles. The molecule has 0 N–H and O–H groups in total. The Labute approximate surface area is 868 Å². The summed E-state index contributed by atoms with van der Waals surface area (Å²) in [5, 5.41) is 3.13. The zero-order chi connectivity index (χ0) is 104. The van der Waals surface area contributed by atoms with E-state index in [1.165, 1.54) is 66.8 Å². The summed E-state index contributed by atoms with van der Waals surface area (Å²) < 4.78 is 6.76. The largest absolute Gasteiger partial charge is 0.308 e. The van der Waals surface area contributed by atoms with Crippen molar-refractivity contribution >= 4 is 65.4 Å². The normalized spacial score (nSPS) is 12.0. The fourth-order valence-corrected chi connectivity index (χ4v) is 22.5. The summed E-state index contributed by atoms with van der Waals surface area (Å²) in [5.41, 5.74) is 43.6. The lowest BCUT2D eigenvalue weighted by molar-refractivity contribution is 0.807. The smallest absolute Gasteiger partial charge is 0.197 e. The van der Waals surface area contributed by atoms with Crippen LogP contribution in [0.15, 0.2) is 251 Å². The molecule has 6 heteroatoms. The van der Waals surface area contributed by atoms with Crippen molar-refractivity contribution in [3.8, 4) is 121 Å². The molecule has 19 rings (SSSR count). The van der Waals surface area contributed by atoms with E-state index in [0.29, 0.717) is 83.5 Å². The Bertz CT molecular complexity index is 7980. The highest BCUT2D eigenvalue weighted by Gasteiger charge is 2.28. The summed E-state index contributed by atoms with van der Waals surface area (Å²) in [7, 11) is 0. The molecule has 15 aromatic carbocycles. The summed E-state index contributed by atoms with van der Waals surface area (Å²) >= 11 is 0. The maximum Gasteiger partial charge on any atom is 0.197 e. The predicted octanol–water partition coefficient (Wildman–Crippen LogP) is 33.7. The highest BCUT2D eigenvalue weighted by atomic mass is 16.1. The fourth-order valence-electron chi connectivity index (χ4n) is 22.5. The van der Waals surface area contributed by atoms with Crippen LogP contribution >= 0.6 is 0 Å². The highest BCUT2D eigenvalue weighted by Crippen LogP contribution is 2.46.